The normalized spacial score (nSPS) is 20.3. The molecule has 2 rings (SSSR count). The maximum atomic E-state index is 11.6. The molecule has 0 spiro atoms. The molecule has 21 heavy (non-hydrogen) atoms. The minimum atomic E-state index is -3.38. The number of nitrogens with one attached hydrogen (secondary N) is 1. The summed E-state index contributed by atoms with van der Waals surface area (Å²) in [5, 5.41) is 0. The number of esters is 1. The monoisotopic (exact) mass is 313 g/mol. The molecule has 1 aliphatic heterocycles. The third kappa shape index (κ3) is 3.74. The van der Waals surface area contributed by atoms with Crippen molar-refractivity contribution in [3.63, 3.8) is 0 Å². The van der Waals surface area contributed by atoms with E-state index in [1.807, 2.05) is 13.8 Å². The molecule has 0 bridgehead atoms. The van der Waals surface area contributed by atoms with Crippen molar-refractivity contribution in [3.8, 4) is 5.75 Å². The lowest BCUT2D eigenvalue weighted by Gasteiger charge is -2.37. The molecule has 0 radical (unpaired) electrons. The fourth-order valence-corrected chi connectivity index (χ4v) is 3.19. The first-order valence-corrected chi connectivity index (χ1v) is 8.39. The number of benzene rings is 1. The van der Waals surface area contributed by atoms with Gasteiger partial charge in [-0.1, -0.05) is 0 Å². The van der Waals surface area contributed by atoms with Gasteiger partial charge in [-0.15, -0.1) is 0 Å². The van der Waals surface area contributed by atoms with Gasteiger partial charge in [0.2, 0.25) is 10.0 Å². The van der Waals surface area contributed by atoms with Gasteiger partial charge in [-0.25, -0.2) is 17.9 Å². The molecule has 0 saturated carbocycles. The summed E-state index contributed by atoms with van der Waals surface area (Å²) >= 11 is 0. The molecule has 1 atom stereocenters. The summed E-state index contributed by atoms with van der Waals surface area (Å²) in [5.74, 6) is 0.0980. The summed E-state index contributed by atoms with van der Waals surface area (Å²) in [6.07, 6.45) is 1.58. The lowest BCUT2D eigenvalue weighted by atomic mass is 9.89. The first-order valence-electron chi connectivity index (χ1n) is 6.50. The van der Waals surface area contributed by atoms with E-state index < -0.39 is 27.6 Å². The van der Waals surface area contributed by atoms with Crippen molar-refractivity contribution in [2.45, 2.75) is 31.9 Å². The summed E-state index contributed by atoms with van der Waals surface area (Å²) < 4.78 is 36.2. The number of methoxy groups -OCH3 is 1. The highest BCUT2D eigenvalue weighted by Gasteiger charge is 2.35. The smallest absolute Gasteiger partial charge is 0.337 e. The molecule has 0 aliphatic carbocycles. The molecule has 0 amide bonds. The Hall–Kier alpha value is -1.60. The topological polar surface area (TPSA) is 81.7 Å². The second-order valence-electron chi connectivity index (χ2n) is 5.75. The Morgan fingerprint density at radius 2 is 2.10 bits per heavy atom. The molecule has 1 heterocycles. The number of hydrogen-bond acceptors (Lipinski definition) is 5. The van der Waals surface area contributed by atoms with E-state index in [0.717, 1.165) is 6.26 Å². The van der Waals surface area contributed by atoms with Crippen molar-refractivity contribution in [2.75, 3.05) is 13.4 Å². The van der Waals surface area contributed by atoms with Gasteiger partial charge in [-0.05, 0) is 32.0 Å². The molecule has 7 heteroatoms. The molecule has 0 fully saturated rings. The number of sulfonamides is 1. The van der Waals surface area contributed by atoms with Gasteiger partial charge in [0.1, 0.15) is 11.4 Å². The van der Waals surface area contributed by atoms with Crippen molar-refractivity contribution in [3.05, 3.63) is 29.3 Å². The van der Waals surface area contributed by atoms with Crippen molar-refractivity contribution >= 4 is 16.0 Å². The minimum Gasteiger partial charge on any atom is -0.487 e. The highest BCUT2D eigenvalue weighted by Crippen LogP contribution is 2.40. The van der Waals surface area contributed by atoms with Gasteiger partial charge in [-0.2, -0.15) is 0 Å². The van der Waals surface area contributed by atoms with Crippen LogP contribution in [0.4, 0.5) is 0 Å². The second-order valence-corrected chi connectivity index (χ2v) is 7.53. The van der Waals surface area contributed by atoms with E-state index in [1.54, 1.807) is 18.2 Å². The van der Waals surface area contributed by atoms with E-state index in [2.05, 4.69) is 9.46 Å². The van der Waals surface area contributed by atoms with Gasteiger partial charge in [-0.3, -0.25) is 0 Å². The van der Waals surface area contributed by atoms with Crippen molar-refractivity contribution in [1.82, 2.24) is 4.72 Å². The first-order chi connectivity index (χ1) is 9.61. The van der Waals surface area contributed by atoms with Crippen LogP contribution in [0.25, 0.3) is 0 Å². The van der Waals surface area contributed by atoms with E-state index in [4.69, 9.17) is 4.74 Å². The number of carbonyl (C=O) groups is 1. The molecule has 116 valence electrons. The summed E-state index contributed by atoms with van der Waals surface area (Å²) in [6, 6.07) is 4.44. The maximum Gasteiger partial charge on any atom is 0.337 e. The third-order valence-corrected chi connectivity index (χ3v) is 3.96. The van der Waals surface area contributed by atoms with Gasteiger partial charge in [0.05, 0.1) is 25.0 Å². The molecule has 1 aromatic rings. The summed E-state index contributed by atoms with van der Waals surface area (Å²) in [4.78, 5) is 11.6. The van der Waals surface area contributed by atoms with Crippen molar-refractivity contribution < 1.29 is 22.7 Å². The average molecular weight is 313 g/mol. The summed E-state index contributed by atoms with van der Waals surface area (Å²) in [6.45, 7) is 3.78. The molecule has 0 saturated heterocycles. The summed E-state index contributed by atoms with van der Waals surface area (Å²) in [7, 11) is -2.08. The molecule has 6 nitrogen and oxygen atoms in total. The van der Waals surface area contributed by atoms with Gasteiger partial charge < -0.3 is 9.47 Å². The van der Waals surface area contributed by atoms with Crippen LogP contribution in [0.5, 0.6) is 5.75 Å². The maximum absolute atomic E-state index is 11.6. The second kappa shape index (κ2) is 5.31. The SMILES string of the molecule is COC(=O)c1ccc2c(c1)C(NS(C)(=O)=O)CC(C)(C)O2. The average Bonchev–Trinajstić information content (AvgIpc) is 2.34. The Kier molecular flexibility index (Phi) is 3.99. The van der Waals surface area contributed by atoms with Crippen LogP contribution in [-0.4, -0.2) is 33.4 Å². The van der Waals surface area contributed by atoms with Crippen LogP contribution in [0.1, 0.15) is 42.2 Å². The molecule has 1 aromatic carbocycles. The van der Waals surface area contributed by atoms with Gasteiger partial charge in [0.15, 0.2) is 0 Å². The highest BCUT2D eigenvalue weighted by atomic mass is 32.2. The zero-order valence-corrected chi connectivity index (χ0v) is 13.3. The molecule has 1 N–H and O–H groups in total. The minimum absolute atomic E-state index is 0.361. The fraction of sp³-hybridized carbons (Fsp3) is 0.500. The largest absolute Gasteiger partial charge is 0.487 e. The number of fused-ring (bicyclic) bond motifs is 1. The van der Waals surface area contributed by atoms with Crippen LogP contribution in [0.2, 0.25) is 0 Å². The molecule has 1 aliphatic rings. The zero-order chi connectivity index (χ0) is 15.8. The van der Waals surface area contributed by atoms with Crippen molar-refractivity contribution in [1.29, 1.82) is 0 Å². The van der Waals surface area contributed by atoms with E-state index in [1.165, 1.54) is 7.11 Å². The molecular weight excluding hydrogens is 294 g/mol. The van der Waals surface area contributed by atoms with Crippen LogP contribution in [-0.2, 0) is 14.8 Å². The predicted octanol–water partition coefficient (Wildman–Crippen LogP) is 1.62. The first kappa shape index (κ1) is 15.8. The predicted molar refractivity (Wildman–Crippen MR) is 77.8 cm³/mol. The number of rotatable bonds is 3. The van der Waals surface area contributed by atoms with E-state index in [9.17, 15) is 13.2 Å². The lowest BCUT2D eigenvalue weighted by molar-refractivity contribution is 0.0597. The van der Waals surface area contributed by atoms with E-state index in [0.29, 0.717) is 23.3 Å². The van der Waals surface area contributed by atoms with Crippen LogP contribution in [0.15, 0.2) is 18.2 Å². The molecular formula is C14H19NO5S. The Balaban J connectivity index is 2.47. The van der Waals surface area contributed by atoms with Crippen LogP contribution < -0.4 is 9.46 Å². The Labute approximate surface area is 124 Å². The van der Waals surface area contributed by atoms with Gasteiger partial charge in [0, 0.05) is 12.0 Å². The van der Waals surface area contributed by atoms with Gasteiger partial charge in [0.25, 0.3) is 0 Å². The molecule has 0 aromatic heterocycles. The quantitative estimate of drug-likeness (QED) is 0.858. The molecule has 1 unspecified atom stereocenters. The van der Waals surface area contributed by atoms with Crippen molar-refractivity contribution in [2.24, 2.45) is 0 Å². The van der Waals surface area contributed by atoms with Crippen LogP contribution >= 0.6 is 0 Å². The Morgan fingerprint density at radius 3 is 2.67 bits per heavy atom. The van der Waals surface area contributed by atoms with Crippen LogP contribution in [0, 0.1) is 0 Å². The zero-order valence-electron chi connectivity index (χ0n) is 12.5. The Morgan fingerprint density at radius 1 is 1.43 bits per heavy atom. The Bertz CT molecular complexity index is 666. The number of hydrogen-bond donors (Lipinski definition) is 1. The number of ether oxygens (including phenoxy) is 2. The third-order valence-electron chi connectivity index (χ3n) is 3.24. The summed E-state index contributed by atoms with van der Waals surface area (Å²) in [5.41, 5.74) is 0.504. The lowest BCUT2D eigenvalue weighted by Crippen LogP contribution is -2.41. The van der Waals surface area contributed by atoms with Gasteiger partial charge >= 0.3 is 5.97 Å². The van der Waals surface area contributed by atoms with E-state index >= 15 is 0 Å². The van der Waals surface area contributed by atoms with E-state index in [-0.39, 0.29) is 0 Å². The highest BCUT2D eigenvalue weighted by molar-refractivity contribution is 7.88. The standard InChI is InChI=1S/C14H19NO5S/c1-14(2)8-11(15-21(4,17)18)10-7-9(13(16)19-3)5-6-12(10)20-14/h5-7,11,15H,8H2,1-4H3. The number of carbonyl (C=O) groups excluding carboxylic acids is 1. The fourth-order valence-electron chi connectivity index (χ4n) is 2.46. The van der Waals surface area contributed by atoms with Crippen LogP contribution in [0.3, 0.4) is 0 Å².